The summed E-state index contributed by atoms with van der Waals surface area (Å²) in [6.45, 7) is 4.83. The second-order valence-corrected chi connectivity index (χ2v) is 8.47. The van der Waals surface area contributed by atoms with Gasteiger partial charge < -0.3 is 15.6 Å². The van der Waals surface area contributed by atoms with E-state index in [0.717, 1.165) is 5.56 Å². The monoisotopic (exact) mass is 411 g/mol. The van der Waals surface area contributed by atoms with Crippen LogP contribution in [0.25, 0.3) is 0 Å². The SMILES string of the molecule is [2H]N[C@@H](Cc1ccccc1)C(=O)C(=O)OC(C)(C)CN[C@@](C)(CCSC)C(=O)O. The summed E-state index contributed by atoms with van der Waals surface area (Å²) in [5.74, 6) is -2.24. The van der Waals surface area contributed by atoms with Gasteiger partial charge in [-0.1, -0.05) is 30.3 Å². The molecular weight excluding hydrogens is 380 g/mol. The fourth-order valence-electron chi connectivity index (χ4n) is 2.41. The molecule has 0 unspecified atom stereocenters. The van der Waals surface area contributed by atoms with Gasteiger partial charge in [-0.05, 0) is 51.2 Å². The molecule has 0 spiro atoms. The van der Waals surface area contributed by atoms with Crippen molar-refractivity contribution in [2.75, 3.05) is 18.6 Å². The zero-order chi connectivity index (χ0) is 22.1. The highest BCUT2D eigenvalue weighted by Crippen LogP contribution is 2.17. The van der Waals surface area contributed by atoms with Crippen LogP contribution in [-0.4, -0.2) is 58.6 Å². The Hall–Kier alpha value is -1.90. The number of thioether (sulfide) groups is 1. The number of ether oxygens (including phenoxy) is 1. The van der Waals surface area contributed by atoms with Gasteiger partial charge in [0.2, 0.25) is 0 Å². The average molecular weight is 412 g/mol. The molecule has 0 saturated heterocycles. The molecule has 0 amide bonds. The Balaban J connectivity index is 2.71. The minimum absolute atomic E-state index is 0.0564. The normalized spacial score (nSPS) is 15.2. The van der Waals surface area contributed by atoms with Crippen molar-refractivity contribution < 1.29 is 25.6 Å². The molecule has 0 fully saturated rings. The molecule has 0 aromatic heterocycles. The topological polar surface area (TPSA) is 119 Å². The molecule has 0 bridgehead atoms. The van der Waals surface area contributed by atoms with E-state index in [-0.39, 0.29) is 13.0 Å². The number of hydrogen-bond donors (Lipinski definition) is 3. The van der Waals surface area contributed by atoms with E-state index in [4.69, 9.17) is 6.15 Å². The van der Waals surface area contributed by atoms with Gasteiger partial charge in [-0.2, -0.15) is 11.8 Å². The van der Waals surface area contributed by atoms with Gasteiger partial charge in [-0.3, -0.25) is 14.9 Å². The van der Waals surface area contributed by atoms with Gasteiger partial charge in [0.05, 0.1) is 6.04 Å². The van der Waals surface area contributed by atoms with Gasteiger partial charge >= 0.3 is 11.9 Å². The molecule has 1 aromatic carbocycles. The van der Waals surface area contributed by atoms with E-state index in [1.807, 2.05) is 24.5 Å². The first-order valence-corrected chi connectivity index (χ1v) is 10.4. The van der Waals surface area contributed by atoms with Gasteiger partial charge in [-0.25, -0.2) is 4.79 Å². The zero-order valence-electron chi connectivity index (χ0n) is 17.8. The lowest BCUT2D eigenvalue weighted by molar-refractivity contribution is -0.164. The van der Waals surface area contributed by atoms with Gasteiger partial charge in [0.25, 0.3) is 5.78 Å². The van der Waals surface area contributed by atoms with Crippen LogP contribution in [0.4, 0.5) is 0 Å². The Kier molecular flexibility index (Phi) is 8.47. The van der Waals surface area contributed by atoms with Crippen molar-refractivity contribution in [3.63, 3.8) is 0 Å². The molecule has 0 radical (unpaired) electrons. The number of nitrogens with two attached hydrogens (primary N) is 1. The Morgan fingerprint density at radius 2 is 1.93 bits per heavy atom. The molecule has 1 rings (SSSR count). The minimum Gasteiger partial charge on any atom is -0.480 e. The van der Waals surface area contributed by atoms with Crippen LogP contribution >= 0.6 is 11.8 Å². The summed E-state index contributed by atoms with van der Waals surface area (Å²) in [6, 6.07) is 8.03. The fourth-order valence-corrected chi connectivity index (χ4v) is 3.02. The molecule has 0 aliphatic carbocycles. The first-order valence-electron chi connectivity index (χ1n) is 9.50. The van der Waals surface area contributed by atoms with Crippen molar-refractivity contribution in [3.05, 3.63) is 35.9 Å². The third kappa shape index (κ3) is 7.61. The molecule has 2 atom stereocenters. The quantitative estimate of drug-likeness (QED) is 0.331. The number of ketones is 1. The van der Waals surface area contributed by atoms with Crippen molar-refractivity contribution in [1.29, 1.82) is 0 Å². The Labute approximate surface area is 171 Å². The molecular formula is C20H30N2O5S. The van der Waals surface area contributed by atoms with Crippen LogP contribution in [0.2, 0.25) is 1.41 Å². The Morgan fingerprint density at radius 3 is 2.46 bits per heavy atom. The number of carbonyl (C=O) groups excluding carboxylic acids is 2. The highest BCUT2D eigenvalue weighted by Gasteiger charge is 2.36. The maximum absolute atomic E-state index is 12.4. The van der Waals surface area contributed by atoms with Crippen molar-refractivity contribution in [2.24, 2.45) is 5.73 Å². The number of nitrogens with one attached hydrogen (secondary N) is 1. The van der Waals surface area contributed by atoms with E-state index in [9.17, 15) is 19.5 Å². The smallest absolute Gasteiger partial charge is 0.376 e. The van der Waals surface area contributed by atoms with Gasteiger partial charge in [0.15, 0.2) is 0 Å². The second-order valence-electron chi connectivity index (χ2n) is 7.49. The third-order valence-corrected chi connectivity index (χ3v) is 4.96. The summed E-state index contributed by atoms with van der Waals surface area (Å²) in [4.78, 5) is 36.4. The lowest BCUT2D eigenvalue weighted by Crippen LogP contribution is -2.55. The summed E-state index contributed by atoms with van der Waals surface area (Å²) >= 11 is 1.54. The molecule has 28 heavy (non-hydrogen) atoms. The molecule has 7 nitrogen and oxygen atoms in total. The third-order valence-electron chi connectivity index (χ3n) is 4.35. The number of aliphatic carboxylic acids is 1. The van der Waals surface area contributed by atoms with E-state index in [0.29, 0.717) is 12.2 Å². The molecule has 4 N–H and O–H groups in total. The number of rotatable bonds is 13. The molecule has 0 aliphatic heterocycles. The fraction of sp³-hybridized carbons (Fsp3) is 0.550. The molecule has 8 heteroatoms. The van der Waals surface area contributed by atoms with E-state index in [2.05, 4.69) is 11.0 Å². The number of carboxylic acid groups (broad SMARTS) is 1. The van der Waals surface area contributed by atoms with Gasteiger partial charge in [0.1, 0.15) is 12.6 Å². The first-order chi connectivity index (χ1) is 13.5. The molecule has 1 aromatic rings. The van der Waals surface area contributed by atoms with Gasteiger partial charge in [0, 0.05) is 6.54 Å². The summed E-state index contributed by atoms with van der Waals surface area (Å²) in [5, 5.41) is 12.5. The lowest BCUT2D eigenvalue weighted by Gasteiger charge is -2.32. The molecule has 0 saturated carbocycles. The number of carbonyl (C=O) groups is 3. The number of esters is 1. The maximum Gasteiger partial charge on any atom is 0.376 e. The molecule has 156 valence electrons. The molecule has 0 aliphatic rings. The van der Waals surface area contributed by atoms with E-state index >= 15 is 0 Å². The number of carboxylic acids is 1. The Bertz CT molecular complexity index is 701. The zero-order valence-corrected chi connectivity index (χ0v) is 17.6. The number of hydrogen-bond acceptors (Lipinski definition) is 7. The highest BCUT2D eigenvalue weighted by atomic mass is 32.2. The van der Waals surface area contributed by atoms with Crippen LogP contribution in [-0.2, 0) is 25.5 Å². The van der Waals surface area contributed by atoms with Crippen molar-refractivity contribution in [3.8, 4) is 0 Å². The number of benzene rings is 1. The largest absolute Gasteiger partial charge is 0.480 e. The minimum atomic E-state index is -1.17. The first kappa shape index (κ1) is 22.4. The van der Waals surface area contributed by atoms with E-state index in [1.165, 1.54) is 0 Å². The van der Waals surface area contributed by atoms with Crippen LogP contribution in [0.5, 0.6) is 0 Å². The van der Waals surface area contributed by atoms with Crippen molar-refractivity contribution >= 4 is 29.5 Å². The molecule has 0 heterocycles. The van der Waals surface area contributed by atoms with Crippen molar-refractivity contribution in [2.45, 2.75) is 50.8 Å². The predicted octanol–water partition coefficient (Wildman–Crippen LogP) is 1.63. The average Bonchev–Trinajstić information content (AvgIpc) is 2.68. The number of Topliss-reactive ketones (excluding diaryl/α,β-unsaturated/α-hetero) is 1. The van der Waals surface area contributed by atoms with Crippen LogP contribution in [0, 0.1) is 0 Å². The standard InChI is InChI=1S/C20H30N2O5S/c1-19(2,13-22-20(3,18(25)26)10-11-28-4)27-17(24)16(23)15(21)12-14-8-6-5-7-9-14/h5-9,15,22H,10-13,21H2,1-4H3,(H,25,26)/t15-,20-/m0/s1/i/hD. The van der Waals surface area contributed by atoms with Crippen molar-refractivity contribution in [1.82, 2.24) is 5.32 Å². The van der Waals surface area contributed by atoms with E-state index in [1.54, 1.807) is 44.7 Å². The Morgan fingerprint density at radius 1 is 1.29 bits per heavy atom. The lowest BCUT2D eigenvalue weighted by atomic mass is 9.97. The second kappa shape index (κ2) is 10.6. The summed E-state index contributed by atoms with van der Waals surface area (Å²) in [6.07, 6.45) is 2.48. The van der Waals surface area contributed by atoms with Crippen LogP contribution in [0.3, 0.4) is 0 Å². The van der Waals surface area contributed by atoms with Gasteiger partial charge in [-0.15, -0.1) is 0 Å². The summed E-state index contributed by atoms with van der Waals surface area (Å²) in [5.41, 5.74) is 0.645. The predicted molar refractivity (Wildman–Crippen MR) is 110 cm³/mol. The van der Waals surface area contributed by atoms with E-state index < -0.39 is 34.9 Å². The summed E-state index contributed by atoms with van der Waals surface area (Å²) < 4.78 is 12.7. The van der Waals surface area contributed by atoms with Crippen LogP contribution in [0.1, 0.15) is 32.8 Å². The maximum atomic E-state index is 12.4. The summed E-state index contributed by atoms with van der Waals surface area (Å²) in [7, 11) is 0. The van der Waals surface area contributed by atoms with Crippen LogP contribution < -0.4 is 11.0 Å². The highest BCUT2D eigenvalue weighted by molar-refractivity contribution is 7.98. The van der Waals surface area contributed by atoms with Crippen LogP contribution in [0.15, 0.2) is 30.3 Å².